The van der Waals surface area contributed by atoms with E-state index in [4.69, 9.17) is 0 Å². The summed E-state index contributed by atoms with van der Waals surface area (Å²) in [6.45, 7) is 0.753. The first-order valence-corrected chi connectivity index (χ1v) is 9.87. The SMILES string of the molecule is Fc1cc2c(cc1F)N1CCc3c([nH]c4ccccc34)[C@H]1[C@H](c1ccccc1)N2. The van der Waals surface area contributed by atoms with E-state index in [2.05, 4.69) is 45.5 Å². The van der Waals surface area contributed by atoms with Crippen LogP contribution in [0.5, 0.6) is 0 Å². The number of aromatic nitrogens is 1. The summed E-state index contributed by atoms with van der Waals surface area (Å²) >= 11 is 0. The Morgan fingerprint density at radius 2 is 1.66 bits per heavy atom. The van der Waals surface area contributed by atoms with E-state index < -0.39 is 11.6 Å². The molecule has 144 valence electrons. The highest BCUT2D eigenvalue weighted by Crippen LogP contribution is 2.50. The summed E-state index contributed by atoms with van der Waals surface area (Å²) in [7, 11) is 0. The van der Waals surface area contributed by atoms with Gasteiger partial charge in [-0.25, -0.2) is 8.78 Å². The largest absolute Gasteiger partial charge is 0.374 e. The molecule has 4 aromatic rings. The average Bonchev–Trinajstić information content (AvgIpc) is 3.13. The molecule has 0 spiro atoms. The van der Waals surface area contributed by atoms with Crippen molar-refractivity contribution in [3.63, 3.8) is 0 Å². The Morgan fingerprint density at radius 3 is 2.52 bits per heavy atom. The van der Waals surface area contributed by atoms with Gasteiger partial charge in [0.05, 0.1) is 23.5 Å². The highest BCUT2D eigenvalue weighted by molar-refractivity contribution is 5.86. The van der Waals surface area contributed by atoms with Crippen LogP contribution >= 0.6 is 0 Å². The second-order valence-corrected chi connectivity index (χ2v) is 7.77. The molecule has 0 unspecified atom stereocenters. The van der Waals surface area contributed by atoms with Crippen LogP contribution in [-0.2, 0) is 6.42 Å². The normalized spacial score (nSPS) is 20.0. The first kappa shape index (κ1) is 16.6. The maximum absolute atomic E-state index is 14.1. The summed E-state index contributed by atoms with van der Waals surface area (Å²) in [6.07, 6.45) is 0.857. The van der Waals surface area contributed by atoms with Gasteiger partial charge >= 0.3 is 0 Å². The molecular weight excluding hydrogens is 368 g/mol. The van der Waals surface area contributed by atoms with Crippen LogP contribution < -0.4 is 10.2 Å². The Kier molecular flexibility index (Phi) is 3.48. The summed E-state index contributed by atoms with van der Waals surface area (Å²) < 4.78 is 28.1. The summed E-state index contributed by atoms with van der Waals surface area (Å²) in [6, 6.07) is 21.0. The van der Waals surface area contributed by atoms with Crippen molar-refractivity contribution < 1.29 is 8.78 Å². The molecule has 0 fully saturated rings. The third-order valence-electron chi connectivity index (χ3n) is 6.21. The van der Waals surface area contributed by atoms with Gasteiger partial charge in [-0.1, -0.05) is 48.5 Å². The van der Waals surface area contributed by atoms with Gasteiger partial charge in [0.25, 0.3) is 0 Å². The Balaban J connectivity index is 1.59. The molecule has 0 radical (unpaired) electrons. The highest BCUT2D eigenvalue weighted by atomic mass is 19.2. The van der Waals surface area contributed by atoms with E-state index >= 15 is 0 Å². The number of hydrogen-bond donors (Lipinski definition) is 2. The molecule has 0 bridgehead atoms. The molecule has 3 heterocycles. The lowest BCUT2D eigenvalue weighted by atomic mass is 9.86. The van der Waals surface area contributed by atoms with E-state index in [9.17, 15) is 8.78 Å². The standard InChI is InChI=1S/C24H19F2N3/c25-17-12-20-21(13-18(17)26)29-11-10-16-15-8-4-5-9-19(15)27-23(16)24(29)22(28-20)14-6-2-1-3-7-14/h1-9,12-13,22,24,27-28H,10-11H2/t22-,24+/m0/s1. The van der Waals surface area contributed by atoms with Crippen molar-refractivity contribution in [2.24, 2.45) is 0 Å². The van der Waals surface area contributed by atoms with E-state index in [1.54, 1.807) is 0 Å². The minimum Gasteiger partial charge on any atom is -0.374 e. The second-order valence-electron chi connectivity index (χ2n) is 7.77. The zero-order valence-electron chi connectivity index (χ0n) is 15.6. The zero-order valence-corrected chi connectivity index (χ0v) is 15.6. The van der Waals surface area contributed by atoms with Gasteiger partial charge in [-0.2, -0.15) is 0 Å². The maximum Gasteiger partial charge on any atom is 0.161 e. The number of nitrogens with zero attached hydrogens (tertiary/aromatic N) is 1. The lowest BCUT2D eigenvalue weighted by Crippen LogP contribution is -2.44. The number of benzene rings is 3. The van der Waals surface area contributed by atoms with Crippen LogP contribution in [0.3, 0.4) is 0 Å². The summed E-state index contributed by atoms with van der Waals surface area (Å²) in [4.78, 5) is 5.83. The number of rotatable bonds is 1. The summed E-state index contributed by atoms with van der Waals surface area (Å²) in [5.41, 5.74) is 6.04. The van der Waals surface area contributed by atoms with Crippen LogP contribution in [0.4, 0.5) is 20.2 Å². The molecule has 5 heteroatoms. The second kappa shape index (κ2) is 6.08. The monoisotopic (exact) mass is 387 g/mol. The van der Waals surface area contributed by atoms with Crippen molar-refractivity contribution in [3.8, 4) is 0 Å². The number of aromatic amines is 1. The zero-order chi connectivity index (χ0) is 19.5. The Labute approximate surface area is 167 Å². The molecular formula is C24H19F2N3. The van der Waals surface area contributed by atoms with E-state index in [-0.39, 0.29) is 12.1 Å². The van der Waals surface area contributed by atoms with Crippen LogP contribution in [0, 0.1) is 11.6 Å². The predicted molar refractivity (Wildman–Crippen MR) is 111 cm³/mol. The molecule has 2 aliphatic rings. The van der Waals surface area contributed by atoms with E-state index in [0.717, 1.165) is 29.7 Å². The van der Waals surface area contributed by atoms with Crippen molar-refractivity contribution in [2.45, 2.75) is 18.5 Å². The molecule has 1 aromatic heterocycles. The molecule has 0 amide bonds. The molecule has 3 aromatic carbocycles. The van der Waals surface area contributed by atoms with Gasteiger partial charge in [0.1, 0.15) is 0 Å². The maximum atomic E-state index is 14.1. The first-order chi connectivity index (χ1) is 14.2. The van der Waals surface area contributed by atoms with E-state index in [1.807, 2.05) is 24.3 Å². The molecule has 2 atom stereocenters. The smallest absolute Gasteiger partial charge is 0.161 e. The highest BCUT2D eigenvalue weighted by Gasteiger charge is 2.41. The van der Waals surface area contributed by atoms with Crippen LogP contribution in [0.2, 0.25) is 0 Å². The quantitative estimate of drug-likeness (QED) is 0.438. The number of H-pyrrole nitrogens is 1. The van der Waals surface area contributed by atoms with Gasteiger partial charge in [-0.15, -0.1) is 0 Å². The Bertz CT molecular complexity index is 1230. The number of para-hydroxylation sites is 1. The van der Waals surface area contributed by atoms with E-state index in [0.29, 0.717) is 11.4 Å². The van der Waals surface area contributed by atoms with Gasteiger partial charge in [0, 0.05) is 35.3 Å². The fourth-order valence-corrected chi connectivity index (χ4v) is 4.95. The van der Waals surface area contributed by atoms with Crippen molar-refractivity contribution in [1.29, 1.82) is 0 Å². The number of hydrogen-bond acceptors (Lipinski definition) is 2. The molecule has 6 rings (SSSR count). The minimum absolute atomic E-state index is 0.0362. The topological polar surface area (TPSA) is 31.1 Å². The Hall–Kier alpha value is -3.34. The first-order valence-electron chi connectivity index (χ1n) is 9.87. The van der Waals surface area contributed by atoms with Gasteiger partial charge in [0.2, 0.25) is 0 Å². The van der Waals surface area contributed by atoms with Crippen LogP contribution in [0.15, 0.2) is 66.7 Å². The van der Waals surface area contributed by atoms with Gasteiger partial charge in [-0.05, 0) is 23.6 Å². The number of anilines is 2. The van der Waals surface area contributed by atoms with Gasteiger partial charge < -0.3 is 15.2 Å². The van der Waals surface area contributed by atoms with E-state index in [1.165, 1.54) is 23.1 Å². The molecule has 29 heavy (non-hydrogen) atoms. The lowest BCUT2D eigenvalue weighted by Gasteiger charge is -2.47. The third-order valence-corrected chi connectivity index (χ3v) is 6.21. The number of halogens is 2. The molecule has 3 nitrogen and oxygen atoms in total. The Morgan fingerprint density at radius 1 is 0.897 bits per heavy atom. The molecule has 0 saturated carbocycles. The van der Waals surface area contributed by atoms with Crippen LogP contribution in [-0.4, -0.2) is 11.5 Å². The van der Waals surface area contributed by atoms with Crippen molar-refractivity contribution in [3.05, 3.63) is 95.2 Å². The fourth-order valence-electron chi connectivity index (χ4n) is 4.95. The minimum atomic E-state index is -0.829. The molecule has 0 saturated heterocycles. The van der Waals surface area contributed by atoms with Crippen LogP contribution in [0.25, 0.3) is 10.9 Å². The van der Waals surface area contributed by atoms with Crippen LogP contribution in [0.1, 0.15) is 28.9 Å². The summed E-state index contributed by atoms with van der Waals surface area (Å²) in [5.74, 6) is -1.64. The van der Waals surface area contributed by atoms with Crippen molar-refractivity contribution in [1.82, 2.24) is 4.98 Å². The average molecular weight is 387 g/mol. The molecule has 2 aliphatic heterocycles. The number of fused-ring (bicyclic) bond motifs is 7. The van der Waals surface area contributed by atoms with Crippen molar-refractivity contribution in [2.75, 3.05) is 16.8 Å². The molecule has 0 aliphatic carbocycles. The van der Waals surface area contributed by atoms with Gasteiger partial charge in [-0.3, -0.25) is 0 Å². The lowest BCUT2D eigenvalue weighted by molar-refractivity contribution is 0.482. The van der Waals surface area contributed by atoms with Crippen molar-refractivity contribution >= 4 is 22.3 Å². The summed E-state index contributed by atoms with van der Waals surface area (Å²) in [5, 5.41) is 4.74. The number of nitrogens with one attached hydrogen (secondary N) is 2. The fraction of sp³-hybridized carbons (Fsp3) is 0.167. The third kappa shape index (κ3) is 2.40. The van der Waals surface area contributed by atoms with Gasteiger partial charge in [0.15, 0.2) is 11.6 Å². The predicted octanol–water partition coefficient (Wildman–Crippen LogP) is 5.72. The molecule has 2 N–H and O–H groups in total.